The summed E-state index contributed by atoms with van der Waals surface area (Å²) in [6.45, 7) is 0. The fraction of sp³-hybridized carbons (Fsp3) is 0.200. The third-order valence-corrected chi connectivity index (χ3v) is 5.80. The molecule has 0 aliphatic rings. The molecule has 2 rings (SSSR count). The van der Waals surface area contributed by atoms with Crippen molar-refractivity contribution in [2.75, 3.05) is 19.6 Å². The molecule has 6 heteroatoms. The Labute approximate surface area is 137 Å². The molecule has 0 fully saturated rings. The summed E-state index contributed by atoms with van der Waals surface area (Å²) in [6.07, 6.45) is 3.95. The van der Waals surface area contributed by atoms with Crippen LogP contribution in [0.15, 0.2) is 33.9 Å². The molecule has 3 nitrogen and oxygen atoms in total. The lowest BCUT2D eigenvalue weighted by atomic mass is 10.2. The van der Waals surface area contributed by atoms with Gasteiger partial charge in [-0.1, -0.05) is 0 Å². The monoisotopic (exact) mass is 334 g/mol. The van der Waals surface area contributed by atoms with Gasteiger partial charge in [0.05, 0.1) is 17.0 Å². The molecule has 0 aliphatic heterocycles. The first-order valence-corrected chi connectivity index (χ1v) is 9.39. The normalized spacial score (nSPS) is 10.0. The van der Waals surface area contributed by atoms with Crippen LogP contribution >= 0.6 is 34.9 Å². The molecule has 1 aromatic carbocycles. The predicted molar refractivity (Wildman–Crippen MR) is 93.7 cm³/mol. The standard InChI is InChI=1S/C15H14N2OS3/c1-18-11-6-4-10(5-7-11)13-9-21-14(17-13)12(8-16)15(19-2)20-3/h4-7,9H,1-3H3. The van der Waals surface area contributed by atoms with E-state index in [2.05, 4.69) is 11.1 Å². The van der Waals surface area contributed by atoms with E-state index in [1.54, 1.807) is 30.6 Å². The molecule has 0 radical (unpaired) electrons. The SMILES string of the molecule is COc1ccc(-c2csc(C(C#N)=C(SC)SC)n2)cc1. The van der Waals surface area contributed by atoms with Gasteiger partial charge in [0.15, 0.2) is 0 Å². The lowest BCUT2D eigenvalue weighted by Crippen LogP contribution is -1.85. The van der Waals surface area contributed by atoms with Crippen LogP contribution in [0, 0.1) is 11.3 Å². The molecule has 0 atom stereocenters. The molecule has 0 spiro atoms. The van der Waals surface area contributed by atoms with Crippen molar-refractivity contribution < 1.29 is 4.74 Å². The smallest absolute Gasteiger partial charge is 0.136 e. The summed E-state index contributed by atoms with van der Waals surface area (Å²) in [5.74, 6) is 0.818. The van der Waals surface area contributed by atoms with Gasteiger partial charge < -0.3 is 4.74 Å². The van der Waals surface area contributed by atoms with E-state index in [-0.39, 0.29) is 0 Å². The average molecular weight is 334 g/mol. The maximum Gasteiger partial charge on any atom is 0.136 e. The number of nitrogens with zero attached hydrogens (tertiary/aromatic N) is 2. The first-order chi connectivity index (χ1) is 10.2. The van der Waals surface area contributed by atoms with Gasteiger partial charge in [-0.2, -0.15) is 5.26 Å². The van der Waals surface area contributed by atoms with E-state index in [0.29, 0.717) is 5.57 Å². The van der Waals surface area contributed by atoms with Crippen LogP contribution in [-0.2, 0) is 0 Å². The van der Waals surface area contributed by atoms with Gasteiger partial charge in [0.2, 0.25) is 0 Å². The van der Waals surface area contributed by atoms with E-state index in [0.717, 1.165) is 26.3 Å². The largest absolute Gasteiger partial charge is 0.497 e. The van der Waals surface area contributed by atoms with Gasteiger partial charge in [-0.25, -0.2) is 4.98 Å². The van der Waals surface area contributed by atoms with Crippen LogP contribution in [0.2, 0.25) is 0 Å². The van der Waals surface area contributed by atoms with Crippen molar-refractivity contribution in [2.24, 2.45) is 0 Å². The van der Waals surface area contributed by atoms with Crippen molar-refractivity contribution in [2.45, 2.75) is 0 Å². The molecule has 0 saturated carbocycles. The van der Waals surface area contributed by atoms with Crippen LogP contribution < -0.4 is 4.74 Å². The Morgan fingerprint density at radius 3 is 2.43 bits per heavy atom. The highest BCUT2D eigenvalue weighted by Gasteiger charge is 2.13. The second-order valence-electron chi connectivity index (χ2n) is 3.95. The third kappa shape index (κ3) is 3.62. The first kappa shape index (κ1) is 16.0. The zero-order valence-corrected chi connectivity index (χ0v) is 14.4. The second-order valence-corrected chi connectivity index (χ2v) is 6.70. The van der Waals surface area contributed by atoms with Gasteiger partial charge in [-0.3, -0.25) is 0 Å². The lowest BCUT2D eigenvalue weighted by molar-refractivity contribution is 0.415. The summed E-state index contributed by atoms with van der Waals surface area (Å²) >= 11 is 4.65. The first-order valence-electron chi connectivity index (χ1n) is 6.06. The number of rotatable bonds is 5. The molecular weight excluding hydrogens is 320 g/mol. The Hall–Kier alpha value is -1.42. The Bertz CT molecular complexity index is 678. The molecule has 0 unspecified atom stereocenters. The van der Waals surface area contributed by atoms with Gasteiger partial charge in [0.25, 0.3) is 0 Å². The van der Waals surface area contributed by atoms with Crippen molar-refractivity contribution in [3.63, 3.8) is 0 Å². The molecule has 0 amide bonds. The number of hydrogen-bond acceptors (Lipinski definition) is 6. The number of hydrogen-bond donors (Lipinski definition) is 0. The quantitative estimate of drug-likeness (QED) is 0.739. The number of allylic oxidation sites excluding steroid dienone is 1. The molecule has 1 aromatic heterocycles. The van der Waals surface area contributed by atoms with Crippen LogP contribution in [0.1, 0.15) is 5.01 Å². The summed E-state index contributed by atoms with van der Waals surface area (Å²) in [5, 5.41) is 12.1. The highest BCUT2D eigenvalue weighted by atomic mass is 32.2. The number of methoxy groups -OCH3 is 1. The number of thioether (sulfide) groups is 2. The van der Waals surface area contributed by atoms with Crippen molar-refractivity contribution in [3.05, 3.63) is 38.9 Å². The summed E-state index contributed by atoms with van der Waals surface area (Å²) in [5.41, 5.74) is 2.55. The molecular formula is C15H14N2OS3. The fourth-order valence-electron chi connectivity index (χ4n) is 1.75. The summed E-state index contributed by atoms with van der Waals surface area (Å²) in [6, 6.07) is 10.0. The van der Waals surface area contributed by atoms with Crippen molar-refractivity contribution in [1.29, 1.82) is 5.26 Å². The second kappa shape index (κ2) is 7.55. The highest BCUT2D eigenvalue weighted by Crippen LogP contribution is 2.35. The van der Waals surface area contributed by atoms with E-state index in [1.165, 1.54) is 11.3 Å². The maximum atomic E-state index is 9.38. The molecule has 108 valence electrons. The van der Waals surface area contributed by atoms with Crippen LogP contribution in [0.3, 0.4) is 0 Å². The number of thiazole rings is 1. The average Bonchev–Trinajstić information content (AvgIpc) is 3.02. The van der Waals surface area contributed by atoms with E-state index >= 15 is 0 Å². The zero-order valence-electron chi connectivity index (χ0n) is 11.9. The zero-order chi connectivity index (χ0) is 15.2. The van der Waals surface area contributed by atoms with Crippen molar-refractivity contribution >= 4 is 40.4 Å². The minimum Gasteiger partial charge on any atom is -0.497 e. The fourth-order valence-corrected chi connectivity index (χ4v) is 4.07. The maximum absolute atomic E-state index is 9.38. The Balaban J connectivity index is 2.37. The Kier molecular flexibility index (Phi) is 5.74. The molecule has 0 N–H and O–H groups in total. The van der Waals surface area contributed by atoms with Gasteiger partial charge in [0.1, 0.15) is 22.4 Å². The van der Waals surface area contributed by atoms with E-state index in [9.17, 15) is 5.26 Å². The number of nitriles is 1. The third-order valence-electron chi connectivity index (χ3n) is 2.79. The molecule has 0 aliphatic carbocycles. The molecule has 0 saturated heterocycles. The predicted octanol–water partition coefficient (Wildman–Crippen LogP) is 4.74. The summed E-state index contributed by atoms with van der Waals surface area (Å²) < 4.78 is 6.15. The Morgan fingerprint density at radius 2 is 1.90 bits per heavy atom. The summed E-state index contributed by atoms with van der Waals surface area (Å²) in [4.78, 5) is 4.59. The molecule has 2 aromatic rings. The highest BCUT2D eigenvalue weighted by molar-refractivity contribution is 8.22. The lowest BCUT2D eigenvalue weighted by Gasteiger charge is -2.02. The van der Waals surface area contributed by atoms with Crippen LogP contribution in [-0.4, -0.2) is 24.6 Å². The van der Waals surface area contributed by atoms with Gasteiger partial charge >= 0.3 is 0 Å². The van der Waals surface area contributed by atoms with E-state index in [4.69, 9.17) is 4.74 Å². The minimum absolute atomic E-state index is 0.653. The minimum atomic E-state index is 0.653. The van der Waals surface area contributed by atoms with Gasteiger partial charge in [-0.05, 0) is 36.8 Å². The Morgan fingerprint density at radius 1 is 1.24 bits per heavy atom. The van der Waals surface area contributed by atoms with Crippen LogP contribution in [0.5, 0.6) is 5.75 Å². The van der Waals surface area contributed by atoms with E-state index in [1.807, 2.05) is 42.2 Å². The van der Waals surface area contributed by atoms with Gasteiger partial charge in [0, 0.05) is 10.9 Å². The molecule has 21 heavy (non-hydrogen) atoms. The summed E-state index contributed by atoms with van der Waals surface area (Å²) in [7, 11) is 1.65. The van der Waals surface area contributed by atoms with Gasteiger partial charge in [-0.15, -0.1) is 34.9 Å². The topological polar surface area (TPSA) is 45.9 Å². The van der Waals surface area contributed by atoms with Crippen molar-refractivity contribution in [3.8, 4) is 23.1 Å². The molecule has 1 heterocycles. The van der Waals surface area contributed by atoms with Crippen LogP contribution in [0.4, 0.5) is 0 Å². The number of benzene rings is 1. The van der Waals surface area contributed by atoms with E-state index < -0.39 is 0 Å². The van der Waals surface area contributed by atoms with Crippen LogP contribution in [0.25, 0.3) is 16.8 Å². The molecule has 0 bridgehead atoms. The number of aromatic nitrogens is 1. The van der Waals surface area contributed by atoms with Crippen molar-refractivity contribution in [1.82, 2.24) is 4.98 Å². The number of ether oxygens (including phenoxy) is 1.